The van der Waals surface area contributed by atoms with Crippen molar-refractivity contribution in [2.24, 2.45) is 0 Å². The Bertz CT molecular complexity index is 1800. The molecule has 0 saturated heterocycles. The van der Waals surface area contributed by atoms with E-state index in [1.165, 1.54) is 37.0 Å². The van der Waals surface area contributed by atoms with E-state index in [1.54, 1.807) is 31.2 Å². The molecule has 0 fully saturated rings. The summed E-state index contributed by atoms with van der Waals surface area (Å²) in [5.74, 6) is -1.29. The monoisotopic (exact) mass is 696 g/mol. The Kier molecular flexibility index (Phi) is 12.1. The summed E-state index contributed by atoms with van der Waals surface area (Å²) >= 11 is 2.62. The van der Waals surface area contributed by atoms with Gasteiger partial charge in [-0.25, -0.2) is 8.42 Å². The Labute approximate surface area is 282 Å². The van der Waals surface area contributed by atoms with Crippen LogP contribution >= 0.6 is 23.1 Å². The number of benzene rings is 3. The molecule has 0 unspecified atom stereocenters. The molecule has 0 aliphatic heterocycles. The number of hydrogen-bond acceptors (Lipinski definition) is 10. The normalized spacial score (nSPS) is 13.2. The number of amides is 3. The number of carbonyl (C=O) groups is 3. The van der Waals surface area contributed by atoms with Gasteiger partial charge in [0.1, 0.15) is 0 Å². The molecule has 0 spiro atoms. The summed E-state index contributed by atoms with van der Waals surface area (Å²) in [5, 5.41) is 27.5. The van der Waals surface area contributed by atoms with Crippen LogP contribution in [0.3, 0.4) is 0 Å². The van der Waals surface area contributed by atoms with E-state index in [-0.39, 0.29) is 34.4 Å². The van der Waals surface area contributed by atoms with Gasteiger partial charge in [-0.2, -0.15) is 0 Å². The lowest BCUT2D eigenvalue weighted by atomic mass is 9.99. The first-order chi connectivity index (χ1) is 22.3. The number of aromatic nitrogens is 2. The second-order valence-electron chi connectivity index (χ2n) is 10.6. The van der Waals surface area contributed by atoms with Crippen LogP contribution in [0.4, 0.5) is 10.8 Å². The molecule has 0 aliphatic carbocycles. The number of rotatable bonds is 14. The highest BCUT2D eigenvalue weighted by molar-refractivity contribution is 8.01. The van der Waals surface area contributed by atoms with Gasteiger partial charge in [-0.05, 0) is 48.4 Å². The minimum absolute atomic E-state index is 0.0425. The first-order valence-corrected chi connectivity index (χ1v) is 18.3. The predicted molar refractivity (Wildman–Crippen MR) is 184 cm³/mol. The third-order valence-corrected chi connectivity index (χ3v) is 10.2. The molecule has 248 valence electrons. The molecule has 0 radical (unpaired) electrons. The zero-order valence-corrected chi connectivity index (χ0v) is 28.7. The lowest BCUT2D eigenvalue weighted by Crippen LogP contribution is -2.50. The number of sulfonamides is 1. The maximum atomic E-state index is 13.8. The standard InChI is InChI=1S/C32H36N6O6S3/c1-5-45-32-37-36-31(46-32)35-30(42)27(39)26(16-21-12-8-6-9-13-21)34-29(41)24-17-23(18-25(19-24)38(3)47(4,43)44)28(40)33-20(2)22-14-10-7-11-15-22/h6-15,17-20,26-27,39H,5,16H2,1-4H3,(H,33,40)(H,34,41)(H,35,36,42)/t20-,26+,27-/m1/s1. The SMILES string of the molecule is CCSc1nnc(NC(=O)[C@H](O)[C@H](Cc2ccccc2)NC(=O)c2cc(C(=O)N[C@H](C)c3ccccc3)cc(N(C)S(C)(=O)=O)c2)s1. The van der Waals surface area contributed by atoms with E-state index in [0.29, 0.717) is 4.34 Å². The summed E-state index contributed by atoms with van der Waals surface area (Å²) in [4.78, 5) is 40.3. The van der Waals surface area contributed by atoms with E-state index in [0.717, 1.165) is 38.8 Å². The second kappa shape index (κ2) is 16.0. The third-order valence-electron chi connectivity index (χ3n) is 7.12. The van der Waals surface area contributed by atoms with E-state index in [4.69, 9.17) is 0 Å². The number of nitrogens with one attached hydrogen (secondary N) is 3. The van der Waals surface area contributed by atoms with Gasteiger partial charge in [0.25, 0.3) is 17.7 Å². The minimum Gasteiger partial charge on any atom is -0.381 e. The fourth-order valence-corrected chi connectivity index (χ4v) is 6.66. The van der Waals surface area contributed by atoms with Crippen molar-refractivity contribution in [2.45, 2.75) is 42.8 Å². The first kappa shape index (κ1) is 35.5. The Morgan fingerprint density at radius 1 is 0.936 bits per heavy atom. The number of aliphatic hydroxyl groups excluding tert-OH is 1. The van der Waals surface area contributed by atoms with Crippen molar-refractivity contribution < 1.29 is 27.9 Å². The summed E-state index contributed by atoms with van der Waals surface area (Å²) in [6.45, 7) is 3.76. The Balaban J connectivity index is 1.63. The van der Waals surface area contributed by atoms with Crippen LogP contribution in [0.5, 0.6) is 0 Å². The van der Waals surface area contributed by atoms with Gasteiger partial charge >= 0.3 is 0 Å². The smallest absolute Gasteiger partial charge is 0.257 e. The molecule has 3 aromatic carbocycles. The van der Waals surface area contributed by atoms with Crippen molar-refractivity contribution in [1.82, 2.24) is 20.8 Å². The van der Waals surface area contributed by atoms with Gasteiger partial charge in [0, 0.05) is 18.2 Å². The average molecular weight is 697 g/mol. The van der Waals surface area contributed by atoms with Crippen molar-refractivity contribution >= 4 is 61.7 Å². The van der Waals surface area contributed by atoms with Crippen molar-refractivity contribution in [3.63, 3.8) is 0 Å². The summed E-state index contributed by atoms with van der Waals surface area (Å²) < 4.78 is 26.5. The summed E-state index contributed by atoms with van der Waals surface area (Å²) in [5.41, 5.74) is 1.66. The molecule has 15 heteroatoms. The fraction of sp³-hybridized carbons (Fsp3) is 0.281. The van der Waals surface area contributed by atoms with Crippen LogP contribution in [0.2, 0.25) is 0 Å². The number of anilines is 2. The maximum Gasteiger partial charge on any atom is 0.257 e. The molecule has 4 rings (SSSR count). The van der Waals surface area contributed by atoms with Crippen molar-refractivity contribution in [2.75, 3.05) is 28.7 Å². The summed E-state index contributed by atoms with van der Waals surface area (Å²) in [6, 6.07) is 20.8. The van der Waals surface area contributed by atoms with Crippen LogP contribution in [0.15, 0.2) is 83.2 Å². The molecular formula is C32H36N6O6S3. The number of carbonyl (C=O) groups excluding carboxylic acids is 3. The average Bonchev–Trinajstić information content (AvgIpc) is 3.50. The molecule has 1 aromatic heterocycles. The lowest BCUT2D eigenvalue weighted by Gasteiger charge is -2.24. The molecule has 12 nitrogen and oxygen atoms in total. The minimum atomic E-state index is -3.76. The van der Waals surface area contributed by atoms with Crippen molar-refractivity contribution in [3.8, 4) is 0 Å². The molecule has 4 aromatic rings. The van der Waals surface area contributed by atoms with Crippen molar-refractivity contribution in [1.29, 1.82) is 0 Å². The Morgan fingerprint density at radius 3 is 2.13 bits per heavy atom. The first-order valence-electron chi connectivity index (χ1n) is 14.6. The fourth-order valence-electron chi connectivity index (χ4n) is 4.52. The van der Waals surface area contributed by atoms with Gasteiger partial charge in [-0.1, -0.05) is 90.7 Å². The zero-order chi connectivity index (χ0) is 34.1. The molecule has 3 amide bonds. The van der Waals surface area contributed by atoms with Crippen LogP contribution in [0.1, 0.15) is 51.7 Å². The van der Waals surface area contributed by atoms with Crippen molar-refractivity contribution in [3.05, 3.63) is 101 Å². The molecular weight excluding hydrogens is 661 g/mol. The van der Waals surface area contributed by atoms with Crippen LogP contribution in [0, 0.1) is 0 Å². The van der Waals surface area contributed by atoms with E-state index in [9.17, 15) is 27.9 Å². The van der Waals surface area contributed by atoms with Gasteiger partial charge in [0.2, 0.25) is 15.2 Å². The highest BCUT2D eigenvalue weighted by atomic mass is 32.2. The molecule has 0 bridgehead atoms. The zero-order valence-electron chi connectivity index (χ0n) is 26.2. The number of aliphatic hydroxyl groups is 1. The van der Waals surface area contributed by atoms with E-state index in [1.807, 2.05) is 43.3 Å². The molecule has 0 aliphatic rings. The molecule has 1 heterocycles. The quantitative estimate of drug-likeness (QED) is 0.113. The number of thioether (sulfide) groups is 1. The van der Waals surface area contributed by atoms with E-state index < -0.39 is 39.9 Å². The third kappa shape index (κ3) is 9.84. The van der Waals surface area contributed by atoms with Crippen LogP contribution in [0.25, 0.3) is 0 Å². The number of hydrogen-bond donors (Lipinski definition) is 4. The van der Waals surface area contributed by atoms with Gasteiger partial charge in [0.05, 0.1) is 24.0 Å². The second-order valence-corrected chi connectivity index (χ2v) is 15.1. The maximum absolute atomic E-state index is 13.8. The molecule has 3 atom stereocenters. The predicted octanol–water partition coefficient (Wildman–Crippen LogP) is 3.88. The largest absolute Gasteiger partial charge is 0.381 e. The van der Waals surface area contributed by atoms with Gasteiger partial charge in [-0.3, -0.25) is 24.0 Å². The number of nitrogens with zero attached hydrogens (tertiary/aromatic N) is 3. The topological polar surface area (TPSA) is 171 Å². The van der Waals surface area contributed by atoms with E-state index >= 15 is 0 Å². The van der Waals surface area contributed by atoms with Crippen LogP contribution in [-0.2, 0) is 21.2 Å². The Morgan fingerprint density at radius 2 is 1.53 bits per heavy atom. The Hall–Kier alpha value is -4.31. The lowest BCUT2D eigenvalue weighted by molar-refractivity contribution is -0.125. The van der Waals surface area contributed by atoms with Gasteiger partial charge < -0.3 is 15.7 Å². The van der Waals surface area contributed by atoms with Gasteiger partial charge in [0.15, 0.2) is 10.4 Å². The highest BCUT2D eigenvalue weighted by Crippen LogP contribution is 2.26. The molecule has 47 heavy (non-hydrogen) atoms. The molecule has 4 N–H and O–H groups in total. The van der Waals surface area contributed by atoms with Crippen LogP contribution < -0.4 is 20.3 Å². The molecule has 0 saturated carbocycles. The summed E-state index contributed by atoms with van der Waals surface area (Å²) in [6.07, 6.45) is -0.621. The van der Waals surface area contributed by atoms with Gasteiger partial charge in [-0.15, -0.1) is 10.2 Å². The highest BCUT2D eigenvalue weighted by Gasteiger charge is 2.30. The summed E-state index contributed by atoms with van der Waals surface area (Å²) in [7, 11) is -2.45. The van der Waals surface area contributed by atoms with E-state index in [2.05, 4.69) is 26.1 Å². The van der Waals surface area contributed by atoms with Crippen LogP contribution in [-0.4, -0.2) is 72.6 Å².